The van der Waals surface area contributed by atoms with Crippen molar-refractivity contribution >= 4 is 11.8 Å². The van der Waals surface area contributed by atoms with Crippen molar-refractivity contribution in [3.8, 4) is 11.5 Å². The number of benzene rings is 2. The number of hydrazine groups is 1. The van der Waals surface area contributed by atoms with E-state index in [2.05, 4.69) is 24.7 Å². The van der Waals surface area contributed by atoms with E-state index in [0.717, 1.165) is 12.0 Å². The van der Waals surface area contributed by atoms with E-state index in [0.29, 0.717) is 29.6 Å². The van der Waals surface area contributed by atoms with Crippen molar-refractivity contribution in [1.82, 2.24) is 10.9 Å². The molecule has 2 aromatic rings. The summed E-state index contributed by atoms with van der Waals surface area (Å²) in [5.74, 6) is 0.728. The lowest BCUT2D eigenvalue weighted by molar-refractivity contribution is -0.123. The van der Waals surface area contributed by atoms with E-state index in [1.165, 1.54) is 0 Å². The molecule has 0 atom stereocenters. The smallest absolute Gasteiger partial charge is 0.276 e. The van der Waals surface area contributed by atoms with Crippen LogP contribution in [0.25, 0.3) is 0 Å². The summed E-state index contributed by atoms with van der Waals surface area (Å²) >= 11 is 0. The highest BCUT2D eigenvalue weighted by molar-refractivity contribution is 5.97. The predicted octanol–water partition coefficient (Wildman–Crippen LogP) is 3.26. The maximum atomic E-state index is 12.3. The van der Waals surface area contributed by atoms with Gasteiger partial charge in [0.25, 0.3) is 11.8 Å². The average molecular weight is 370 g/mol. The zero-order valence-electron chi connectivity index (χ0n) is 16.0. The second-order valence-corrected chi connectivity index (χ2v) is 6.58. The van der Waals surface area contributed by atoms with Gasteiger partial charge in [0.1, 0.15) is 11.5 Å². The Morgan fingerprint density at radius 2 is 1.59 bits per heavy atom. The Labute approximate surface area is 159 Å². The van der Waals surface area contributed by atoms with Crippen LogP contribution in [0.1, 0.15) is 36.2 Å². The predicted molar refractivity (Wildman–Crippen MR) is 104 cm³/mol. The van der Waals surface area contributed by atoms with E-state index in [-0.39, 0.29) is 6.61 Å². The Bertz CT molecular complexity index is 774. The summed E-state index contributed by atoms with van der Waals surface area (Å²) < 4.78 is 11.1. The molecular weight excluding hydrogens is 344 g/mol. The molecule has 6 nitrogen and oxygen atoms in total. The molecule has 6 heteroatoms. The molecule has 0 bridgehead atoms. The summed E-state index contributed by atoms with van der Waals surface area (Å²) in [5.41, 5.74) is 6.04. The number of hydrogen-bond donors (Lipinski definition) is 2. The molecule has 0 heterocycles. The second kappa shape index (κ2) is 10.2. The highest BCUT2D eigenvalue weighted by Gasteiger charge is 2.13. The third-order valence-corrected chi connectivity index (χ3v) is 3.85. The van der Waals surface area contributed by atoms with Crippen LogP contribution in [0.5, 0.6) is 11.5 Å². The number of carbonyl (C=O) groups is 2. The summed E-state index contributed by atoms with van der Waals surface area (Å²) in [6, 6.07) is 14.3. The zero-order valence-corrected chi connectivity index (χ0v) is 16.0. The van der Waals surface area contributed by atoms with E-state index in [1.807, 2.05) is 25.1 Å². The number of rotatable bonds is 8. The number of nitrogens with one attached hydrogen (secondary N) is 2. The fourth-order valence-corrected chi connectivity index (χ4v) is 2.28. The summed E-state index contributed by atoms with van der Waals surface area (Å²) in [7, 11) is 0. The minimum atomic E-state index is -0.454. The lowest BCUT2D eigenvalue weighted by atomic mass is 10.1. The quantitative estimate of drug-likeness (QED) is 0.699. The van der Waals surface area contributed by atoms with E-state index in [4.69, 9.17) is 9.47 Å². The molecule has 0 saturated carbocycles. The Morgan fingerprint density at radius 3 is 2.30 bits per heavy atom. The fraction of sp³-hybridized carbons (Fsp3) is 0.333. The molecule has 2 N–H and O–H groups in total. The van der Waals surface area contributed by atoms with Crippen LogP contribution < -0.4 is 20.3 Å². The first kappa shape index (κ1) is 20.3. The van der Waals surface area contributed by atoms with E-state index in [1.54, 1.807) is 30.3 Å². The first-order valence-corrected chi connectivity index (χ1v) is 8.97. The van der Waals surface area contributed by atoms with Crippen LogP contribution in [-0.2, 0) is 4.79 Å². The summed E-state index contributed by atoms with van der Waals surface area (Å²) in [6.45, 7) is 6.44. The molecule has 2 rings (SSSR count). The monoisotopic (exact) mass is 370 g/mol. The van der Waals surface area contributed by atoms with Gasteiger partial charge in [0, 0.05) is 0 Å². The number of para-hydroxylation sites is 2. The molecule has 0 aliphatic heterocycles. The minimum absolute atomic E-state index is 0.197. The molecule has 0 saturated heterocycles. The number of ether oxygens (including phenoxy) is 2. The van der Waals surface area contributed by atoms with E-state index in [9.17, 15) is 9.59 Å². The molecule has 0 aliphatic rings. The molecule has 2 aromatic carbocycles. The Hall–Kier alpha value is -3.02. The van der Waals surface area contributed by atoms with Crippen molar-refractivity contribution in [3.05, 3.63) is 59.7 Å². The normalized spacial score (nSPS) is 10.4. The van der Waals surface area contributed by atoms with Gasteiger partial charge in [-0.1, -0.05) is 44.2 Å². The van der Waals surface area contributed by atoms with Gasteiger partial charge in [-0.05, 0) is 43.0 Å². The molecule has 0 spiro atoms. The molecule has 0 unspecified atom stereocenters. The molecule has 144 valence electrons. The number of aryl methyl sites for hydroxylation is 1. The van der Waals surface area contributed by atoms with Gasteiger partial charge in [0.15, 0.2) is 6.61 Å². The van der Waals surface area contributed by atoms with Gasteiger partial charge >= 0.3 is 0 Å². The van der Waals surface area contributed by atoms with Crippen LogP contribution in [0, 0.1) is 12.8 Å². The first-order chi connectivity index (χ1) is 13.0. The van der Waals surface area contributed by atoms with Gasteiger partial charge in [-0.3, -0.25) is 20.4 Å². The largest absolute Gasteiger partial charge is 0.493 e. The zero-order chi connectivity index (χ0) is 19.6. The highest BCUT2D eigenvalue weighted by atomic mass is 16.5. The lowest BCUT2D eigenvalue weighted by Crippen LogP contribution is -2.44. The number of amides is 2. The second-order valence-electron chi connectivity index (χ2n) is 6.58. The van der Waals surface area contributed by atoms with E-state index >= 15 is 0 Å². The van der Waals surface area contributed by atoms with Crippen molar-refractivity contribution in [2.24, 2.45) is 5.92 Å². The van der Waals surface area contributed by atoms with Gasteiger partial charge in [0.2, 0.25) is 0 Å². The molecule has 27 heavy (non-hydrogen) atoms. The summed E-state index contributed by atoms with van der Waals surface area (Å²) in [6.07, 6.45) is 0.892. The number of carbonyl (C=O) groups excluding carboxylic acids is 2. The molecule has 0 aromatic heterocycles. The van der Waals surface area contributed by atoms with Gasteiger partial charge in [-0.2, -0.15) is 0 Å². The minimum Gasteiger partial charge on any atom is -0.493 e. The van der Waals surface area contributed by atoms with Gasteiger partial charge < -0.3 is 9.47 Å². The van der Waals surface area contributed by atoms with Gasteiger partial charge in [-0.25, -0.2) is 0 Å². The van der Waals surface area contributed by atoms with Crippen LogP contribution in [0.3, 0.4) is 0 Å². The molecular formula is C21H26N2O4. The lowest BCUT2D eigenvalue weighted by Gasteiger charge is -2.13. The van der Waals surface area contributed by atoms with Crippen molar-refractivity contribution in [2.45, 2.75) is 27.2 Å². The van der Waals surface area contributed by atoms with Crippen LogP contribution in [0.4, 0.5) is 0 Å². The maximum absolute atomic E-state index is 12.3. The summed E-state index contributed by atoms with van der Waals surface area (Å²) in [4.78, 5) is 24.3. The average Bonchev–Trinajstić information content (AvgIpc) is 2.65. The van der Waals surface area contributed by atoms with Crippen molar-refractivity contribution in [3.63, 3.8) is 0 Å². The Balaban J connectivity index is 1.84. The van der Waals surface area contributed by atoms with Crippen molar-refractivity contribution in [1.29, 1.82) is 0 Å². The SMILES string of the molecule is Cc1ccccc1OCC(=O)NNC(=O)c1ccccc1OCCC(C)C. The molecule has 2 amide bonds. The van der Waals surface area contributed by atoms with Crippen LogP contribution in [0.2, 0.25) is 0 Å². The number of hydrogen-bond acceptors (Lipinski definition) is 4. The third-order valence-electron chi connectivity index (χ3n) is 3.85. The first-order valence-electron chi connectivity index (χ1n) is 8.97. The molecule has 0 radical (unpaired) electrons. The van der Waals surface area contributed by atoms with Crippen molar-refractivity contribution < 1.29 is 19.1 Å². The Kier molecular flexibility index (Phi) is 7.67. The van der Waals surface area contributed by atoms with Crippen LogP contribution in [0.15, 0.2) is 48.5 Å². The van der Waals surface area contributed by atoms with Gasteiger partial charge in [0.05, 0.1) is 12.2 Å². The van der Waals surface area contributed by atoms with Crippen LogP contribution in [-0.4, -0.2) is 25.0 Å². The topological polar surface area (TPSA) is 76.7 Å². The third kappa shape index (κ3) is 6.66. The maximum Gasteiger partial charge on any atom is 0.276 e. The van der Waals surface area contributed by atoms with Gasteiger partial charge in [-0.15, -0.1) is 0 Å². The van der Waals surface area contributed by atoms with Crippen LogP contribution >= 0.6 is 0 Å². The fourth-order valence-electron chi connectivity index (χ4n) is 2.28. The Morgan fingerprint density at radius 1 is 0.926 bits per heavy atom. The highest BCUT2D eigenvalue weighted by Crippen LogP contribution is 2.18. The van der Waals surface area contributed by atoms with Crippen molar-refractivity contribution in [2.75, 3.05) is 13.2 Å². The molecule has 0 aliphatic carbocycles. The van der Waals surface area contributed by atoms with E-state index < -0.39 is 11.8 Å². The standard InChI is InChI=1S/C21H26N2O4/c1-15(2)12-13-26-19-11-7-5-9-17(19)21(25)23-22-20(24)14-27-18-10-6-4-8-16(18)3/h4-11,15H,12-14H2,1-3H3,(H,22,24)(H,23,25). The summed E-state index contributed by atoms with van der Waals surface area (Å²) in [5, 5.41) is 0. The molecule has 0 fully saturated rings.